The maximum absolute atomic E-state index is 16.8. The van der Waals surface area contributed by atoms with Gasteiger partial charge in [-0.2, -0.15) is 0 Å². The van der Waals surface area contributed by atoms with Crippen molar-refractivity contribution in [1.82, 2.24) is 40.4 Å². The predicted molar refractivity (Wildman–Crippen MR) is 281 cm³/mol. The third-order valence-corrected chi connectivity index (χ3v) is 22.5. The van der Waals surface area contributed by atoms with Gasteiger partial charge in [0, 0.05) is 46.1 Å². The van der Waals surface area contributed by atoms with E-state index in [1.807, 2.05) is 41.3 Å². The SMILES string of the molecule is COC(=O)N[C@H](C(=O)N1CCC[C@H]1c1nc2cc([C@@H]3CC[C@@H](c4ccc5[nH]c([C@@H]6CCCN6C(=O)[C@@H](NC(=O)OC)[C@@H](C)OC)nc5c4)N3c3cc(F)c(N4CC[Si]5(CCCC5)CC4)c(F)c3)ccc2[nH]1)[C@@H](C)OC. The molecule has 5 aliphatic rings. The molecule has 4 N–H and O–H groups in total. The minimum Gasteiger partial charge on any atom is -0.453 e. The lowest BCUT2D eigenvalue weighted by atomic mass is 10.0. The first kappa shape index (κ1) is 52.1. The third kappa shape index (κ3) is 10.1. The number of ether oxygens (including phenoxy) is 4. The number of aromatic nitrogens is 4. The quantitative estimate of drug-likeness (QED) is 0.0773. The Balaban J connectivity index is 0.966. The Labute approximate surface area is 436 Å². The molecule has 0 aliphatic carbocycles. The van der Waals surface area contributed by atoms with E-state index in [1.165, 1.54) is 65.5 Å². The molecule has 18 nitrogen and oxygen atoms in total. The zero-order chi connectivity index (χ0) is 52.7. The van der Waals surface area contributed by atoms with Gasteiger partial charge < -0.3 is 59.1 Å². The molecule has 0 radical (unpaired) electrons. The molecule has 2 aromatic heterocycles. The average molecular weight is 1050 g/mol. The summed E-state index contributed by atoms with van der Waals surface area (Å²) in [6.07, 6.45) is 4.00. The highest BCUT2D eigenvalue weighted by Gasteiger charge is 2.43. The van der Waals surface area contributed by atoms with E-state index >= 15 is 8.78 Å². The number of nitrogens with one attached hydrogen (secondary N) is 4. The highest BCUT2D eigenvalue weighted by Crippen LogP contribution is 2.49. The zero-order valence-electron chi connectivity index (χ0n) is 43.8. The fourth-order valence-electron chi connectivity index (χ4n) is 12.9. The smallest absolute Gasteiger partial charge is 0.407 e. The number of carbonyl (C=O) groups excluding carboxylic acids is 4. The molecule has 0 bridgehead atoms. The Bertz CT molecular complexity index is 2750. The molecule has 5 fully saturated rings. The van der Waals surface area contributed by atoms with Crippen LogP contribution < -0.4 is 20.4 Å². The van der Waals surface area contributed by atoms with E-state index in [9.17, 15) is 19.2 Å². The van der Waals surface area contributed by atoms with Crippen LogP contribution >= 0.6 is 0 Å². The van der Waals surface area contributed by atoms with Gasteiger partial charge in [-0.1, -0.05) is 37.1 Å². The number of amides is 4. The topological polar surface area (TPSA) is 200 Å². The van der Waals surface area contributed by atoms with Crippen molar-refractivity contribution < 1.29 is 46.9 Å². The van der Waals surface area contributed by atoms with Crippen LogP contribution in [-0.4, -0.2) is 141 Å². The van der Waals surface area contributed by atoms with Crippen molar-refractivity contribution in [2.45, 2.75) is 138 Å². The number of alkyl carbamates (subject to hydrolysis) is 2. The molecule has 5 aromatic rings. The second-order valence-corrected chi connectivity index (χ2v) is 26.3. The van der Waals surface area contributed by atoms with E-state index in [-0.39, 0.29) is 41.7 Å². The van der Waals surface area contributed by atoms with Crippen molar-refractivity contribution >= 4 is 65.5 Å². The molecule has 402 valence electrons. The maximum atomic E-state index is 16.8. The number of carbonyl (C=O) groups is 4. The monoisotopic (exact) mass is 1050 g/mol. The molecule has 0 unspecified atom stereocenters. The van der Waals surface area contributed by atoms with Crippen LogP contribution in [0, 0.1) is 11.6 Å². The van der Waals surface area contributed by atoms with Crippen molar-refractivity contribution in [2.75, 3.05) is 64.4 Å². The number of imidazole rings is 2. The molecule has 5 aliphatic heterocycles. The fourth-order valence-corrected chi connectivity index (χ4v) is 17.9. The van der Waals surface area contributed by atoms with Crippen LogP contribution in [0.2, 0.25) is 24.2 Å². The number of benzene rings is 3. The number of rotatable bonds is 14. The number of nitrogens with zero attached hydrogens (tertiary/aromatic N) is 6. The van der Waals surface area contributed by atoms with Crippen LogP contribution in [-0.2, 0) is 28.5 Å². The first-order valence-corrected chi connectivity index (χ1v) is 29.4. The van der Waals surface area contributed by atoms with E-state index in [2.05, 4.69) is 25.5 Å². The van der Waals surface area contributed by atoms with E-state index in [0.29, 0.717) is 80.2 Å². The largest absolute Gasteiger partial charge is 0.453 e. The first-order valence-electron chi connectivity index (χ1n) is 26.6. The summed E-state index contributed by atoms with van der Waals surface area (Å²) in [4.78, 5) is 77.3. The number of likely N-dealkylation sites (tertiary alicyclic amines) is 2. The van der Waals surface area contributed by atoms with E-state index < -0.39 is 56.2 Å². The van der Waals surface area contributed by atoms with Gasteiger partial charge in [-0.25, -0.2) is 28.3 Å². The summed E-state index contributed by atoms with van der Waals surface area (Å²) in [7, 11) is 4.12. The maximum Gasteiger partial charge on any atom is 0.407 e. The minimum atomic E-state index is -1.35. The number of aromatic amines is 2. The minimum absolute atomic E-state index is 0.0517. The van der Waals surface area contributed by atoms with Gasteiger partial charge in [0.15, 0.2) is 11.6 Å². The highest BCUT2D eigenvalue weighted by atomic mass is 28.3. The molecule has 5 saturated heterocycles. The van der Waals surface area contributed by atoms with Crippen LogP contribution in [0.5, 0.6) is 0 Å². The standard InChI is InChI=1S/C54H70F2N10O8Si/c1-31(71-3)46(61-53(69)73-5)51(67)64-19-9-11-44(64)49-57-38-15-13-33(27-40(38)59-49)42-17-18-43(66(42)35-29-36(55)48(37(56)30-35)63-21-25-75(26-22-63)23-7-8-24-75)34-14-16-39-41(28-34)60-50(58-39)45-12-10-20-65(45)52(68)47(32(2)72-4)62-54(70)74-6/h13-16,27-32,42-47H,7-12,17-26H2,1-6H3,(H,57,59)(H,58,60)(H,61,69)(H,62,70)/t31-,32-,42+,43+,44+,45+,46+,47+/m1/s1. The van der Waals surface area contributed by atoms with Gasteiger partial charge in [0.1, 0.15) is 29.4 Å². The van der Waals surface area contributed by atoms with E-state index in [0.717, 1.165) is 47.1 Å². The Hall–Kier alpha value is -6.32. The molecule has 7 heterocycles. The summed E-state index contributed by atoms with van der Waals surface area (Å²) >= 11 is 0. The molecular weight excluding hydrogens is 983 g/mol. The molecule has 8 atom stereocenters. The Morgan fingerprint density at radius 2 is 1.07 bits per heavy atom. The molecule has 75 heavy (non-hydrogen) atoms. The van der Waals surface area contributed by atoms with Crippen LogP contribution in [0.25, 0.3) is 22.1 Å². The molecule has 10 rings (SSSR count). The number of anilines is 2. The summed E-state index contributed by atoms with van der Waals surface area (Å²) in [6, 6.07) is 16.6. The molecule has 3 aromatic carbocycles. The van der Waals surface area contributed by atoms with Gasteiger partial charge in [0.05, 0.1) is 80.7 Å². The number of H-pyrrole nitrogens is 2. The predicted octanol–water partition coefficient (Wildman–Crippen LogP) is 8.71. The highest BCUT2D eigenvalue weighted by molar-refractivity contribution is 6.80. The van der Waals surface area contributed by atoms with Gasteiger partial charge in [-0.3, -0.25) is 9.59 Å². The number of fused-ring (bicyclic) bond motifs is 2. The number of hydrogen-bond donors (Lipinski definition) is 4. The van der Waals surface area contributed by atoms with Gasteiger partial charge in [-0.05, 0) is 112 Å². The van der Waals surface area contributed by atoms with E-state index in [4.69, 9.17) is 28.9 Å². The normalized spacial score (nSPS) is 23.3. The number of halogens is 2. The van der Waals surface area contributed by atoms with Crippen LogP contribution in [0.15, 0.2) is 48.5 Å². The summed E-state index contributed by atoms with van der Waals surface area (Å²) in [5, 5.41) is 5.29. The number of hydrogen-bond acceptors (Lipinski definition) is 12. The second-order valence-electron chi connectivity index (χ2n) is 21.3. The van der Waals surface area contributed by atoms with Crippen molar-refractivity contribution in [3.8, 4) is 0 Å². The zero-order valence-corrected chi connectivity index (χ0v) is 44.8. The summed E-state index contributed by atoms with van der Waals surface area (Å²) in [5.74, 6) is -0.503. The Kier molecular flexibility index (Phi) is 15.1. The van der Waals surface area contributed by atoms with Crippen molar-refractivity contribution in [3.05, 3.63) is 82.9 Å². The number of methoxy groups -OCH3 is 4. The molecule has 21 heteroatoms. The van der Waals surface area contributed by atoms with E-state index in [1.54, 1.807) is 23.6 Å². The van der Waals surface area contributed by atoms with Crippen molar-refractivity contribution in [2.24, 2.45) is 0 Å². The molecule has 0 saturated carbocycles. The average Bonchev–Trinajstić information content (AvgIpc) is 4.30. The summed E-state index contributed by atoms with van der Waals surface area (Å²) in [6.45, 7) is 5.75. The van der Waals surface area contributed by atoms with Crippen molar-refractivity contribution in [1.29, 1.82) is 0 Å². The first-order chi connectivity index (χ1) is 36.2. The van der Waals surface area contributed by atoms with Crippen molar-refractivity contribution in [3.63, 3.8) is 0 Å². The van der Waals surface area contributed by atoms with Gasteiger partial charge in [-0.15, -0.1) is 0 Å². The lowest BCUT2D eigenvalue weighted by Crippen LogP contribution is -2.54. The summed E-state index contributed by atoms with van der Waals surface area (Å²) in [5.41, 5.74) is 5.26. The summed E-state index contributed by atoms with van der Waals surface area (Å²) < 4.78 is 54.2. The second kappa shape index (κ2) is 21.7. The third-order valence-electron chi connectivity index (χ3n) is 17.1. The Morgan fingerprint density at radius 1 is 0.613 bits per heavy atom. The fraction of sp³-hybridized carbons (Fsp3) is 0.556. The molecular formula is C54H70F2N10O8Si. The van der Waals surface area contributed by atoms with Gasteiger partial charge in [0.25, 0.3) is 0 Å². The van der Waals surface area contributed by atoms with Crippen LogP contribution in [0.4, 0.5) is 29.7 Å². The molecule has 1 spiro atoms. The lowest BCUT2D eigenvalue weighted by Gasteiger charge is -2.39. The van der Waals surface area contributed by atoms with Gasteiger partial charge in [0.2, 0.25) is 11.8 Å². The Morgan fingerprint density at radius 3 is 1.49 bits per heavy atom. The van der Waals surface area contributed by atoms with Gasteiger partial charge >= 0.3 is 12.2 Å². The van der Waals surface area contributed by atoms with Crippen LogP contribution in [0.1, 0.15) is 112 Å². The lowest BCUT2D eigenvalue weighted by molar-refractivity contribution is -0.138. The van der Waals surface area contributed by atoms with Crippen LogP contribution in [0.3, 0.4) is 0 Å². The molecule has 4 amide bonds.